The number of sulfonamides is 1. The second-order valence-corrected chi connectivity index (χ2v) is 5.60. The van der Waals surface area contributed by atoms with E-state index in [0.29, 0.717) is 18.6 Å². The van der Waals surface area contributed by atoms with Crippen LogP contribution in [-0.2, 0) is 21.2 Å². The average Bonchev–Trinajstić information content (AvgIpc) is 2.29. The number of benzene rings is 1. The molecular weight excluding hydrogens is 252 g/mol. The maximum atomic E-state index is 11.5. The van der Waals surface area contributed by atoms with E-state index in [0.717, 1.165) is 6.54 Å². The first-order chi connectivity index (χ1) is 8.49. The van der Waals surface area contributed by atoms with Crippen LogP contribution in [0.3, 0.4) is 0 Å². The van der Waals surface area contributed by atoms with Crippen LogP contribution >= 0.6 is 0 Å². The number of ether oxygens (including phenoxy) is 1. The Morgan fingerprint density at radius 3 is 2.61 bits per heavy atom. The predicted molar refractivity (Wildman–Crippen MR) is 70.9 cm³/mol. The first kappa shape index (κ1) is 15.1. The maximum Gasteiger partial charge on any atom is 0.238 e. The number of rotatable bonds is 7. The van der Waals surface area contributed by atoms with E-state index in [2.05, 4.69) is 5.32 Å². The van der Waals surface area contributed by atoms with Gasteiger partial charge in [-0.1, -0.05) is 25.1 Å². The summed E-state index contributed by atoms with van der Waals surface area (Å²) in [5, 5.41) is 8.45. The number of hydrogen-bond acceptors (Lipinski definition) is 4. The molecule has 0 aliphatic rings. The van der Waals surface area contributed by atoms with Crippen molar-refractivity contribution in [1.29, 1.82) is 0 Å². The lowest BCUT2D eigenvalue weighted by molar-refractivity contribution is 0.166. The summed E-state index contributed by atoms with van der Waals surface area (Å²) in [4.78, 5) is 0.184. The molecule has 0 bridgehead atoms. The lowest BCUT2D eigenvalue weighted by atomic mass is 10.1. The molecule has 1 unspecified atom stereocenters. The van der Waals surface area contributed by atoms with Gasteiger partial charge in [0.05, 0.1) is 11.5 Å². The molecule has 102 valence electrons. The minimum absolute atomic E-state index is 0.0721. The Morgan fingerprint density at radius 2 is 2.06 bits per heavy atom. The molecule has 3 N–H and O–H groups in total. The third-order valence-electron chi connectivity index (χ3n) is 2.61. The van der Waals surface area contributed by atoms with Crippen molar-refractivity contribution >= 4 is 10.0 Å². The molecule has 0 aromatic heterocycles. The third-order valence-corrected chi connectivity index (χ3v) is 3.62. The van der Waals surface area contributed by atoms with Crippen LogP contribution < -0.4 is 10.5 Å². The molecule has 0 aliphatic heterocycles. The number of methoxy groups -OCH3 is 1. The van der Waals surface area contributed by atoms with Crippen LogP contribution in [0.25, 0.3) is 0 Å². The predicted octanol–water partition coefficient (Wildman–Crippen LogP) is 0.501. The summed E-state index contributed by atoms with van der Waals surface area (Å²) < 4.78 is 28.1. The van der Waals surface area contributed by atoms with E-state index in [4.69, 9.17) is 9.88 Å². The van der Waals surface area contributed by atoms with Gasteiger partial charge in [0, 0.05) is 13.2 Å². The van der Waals surface area contributed by atoms with Gasteiger partial charge in [-0.2, -0.15) is 0 Å². The summed E-state index contributed by atoms with van der Waals surface area (Å²) in [6.45, 7) is 3.31. The zero-order valence-corrected chi connectivity index (χ0v) is 11.5. The summed E-state index contributed by atoms with van der Waals surface area (Å²) in [6, 6.07) is 6.85. The van der Waals surface area contributed by atoms with Crippen molar-refractivity contribution in [2.75, 3.05) is 20.3 Å². The maximum absolute atomic E-state index is 11.5. The van der Waals surface area contributed by atoms with Crippen molar-refractivity contribution < 1.29 is 13.2 Å². The number of likely N-dealkylation sites (N-methyl/N-ethyl adjacent to an activating group) is 1. The monoisotopic (exact) mass is 272 g/mol. The van der Waals surface area contributed by atoms with E-state index >= 15 is 0 Å². The minimum atomic E-state index is -3.68. The van der Waals surface area contributed by atoms with Crippen LogP contribution in [0.15, 0.2) is 29.2 Å². The van der Waals surface area contributed by atoms with E-state index in [1.807, 2.05) is 6.92 Å². The van der Waals surface area contributed by atoms with Gasteiger partial charge in [-0.05, 0) is 24.6 Å². The molecule has 6 heteroatoms. The van der Waals surface area contributed by atoms with E-state index < -0.39 is 10.0 Å². The Kier molecular flexibility index (Phi) is 5.74. The topological polar surface area (TPSA) is 81.4 Å². The Morgan fingerprint density at radius 1 is 1.39 bits per heavy atom. The quantitative estimate of drug-likeness (QED) is 0.757. The Bertz CT molecular complexity index is 468. The van der Waals surface area contributed by atoms with Crippen LogP contribution in [-0.4, -0.2) is 34.7 Å². The van der Waals surface area contributed by atoms with Crippen molar-refractivity contribution in [3.63, 3.8) is 0 Å². The van der Waals surface area contributed by atoms with Gasteiger partial charge < -0.3 is 10.1 Å². The van der Waals surface area contributed by atoms with Crippen molar-refractivity contribution in [3.8, 4) is 0 Å². The molecule has 5 nitrogen and oxygen atoms in total. The van der Waals surface area contributed by atoms with Gasteiger partial charge in [0.2, 0.25) is 10.0 Å². The van der Waals surface area contributed by atoms with Crippen LogP contribution in [0.1, 0.15) is 12.5 Å². The molecule has 1 rings (SSSR count). The van der Waals surface area contributed by atoms with Crippen LogP contribution in [0.4, 0.5) is 0 Å². The van der Waals surface area contributed by atoms with E-state index in [-0.39, 0.29) is 10.9 Å². The zero-order valence-electron chi connectivity index (χ0n) is 10.7. The Labute approximate surface area is 108 Å². The number of primary sulfonamides is 1. The first-order valence-corrected chi connectivity index (χ1v) is 7.36. The van der Waals surface area contributed by atoms with Gasteiger partial charge in [0.15, 0.2) is 0 Å². The molecule has 1 atom stereocenters. The Balaban J connectivity index is 2.95. The summed E-state index contributed by atoms with van der Waals surface area (Å²) >= 11 is 0. The van der Waals surface area contributed by atoms with Gasteiger partial charge in [-0.25, -0.2) is 13.6 Å². The normalized spacial score (nSPS) is 13.5. The van der Waals surface area contributed by atoms with Crippen LogP contribution in [0.5, 0.6) is 0 Å². The van der Waals surface area contributed by atoms with E-state index in [9.17, 15) is 8.42 Å². The average molecular weight is 272 g/mol. The lowest BCUT2D eigenvalue weighted by Gasteiger charge is -2.18. The molecule has 0 amide bonds. The fourth-order valence-electron chi connectivity index (χ4n) is 1.90. The van der Waals surface area contributed by atoms with Gasteiger partial charge in [0.25, 0.3) is 0 Å². The summed E-state index contributed by atoms with van der Waals surface area (Å²) in [5.41, 5.74) is 0.711. The van der Waals surface area contributed by atoms with Crippen molar-refractivity contribution in [1.82, 2.24) is 5.32 Å². The molecule has 18 heavy (non-hydrogen) atoms. The molecule has 1 aromatic rings. The highest BCUT2D eigenvalue weighted by Gasteiger charge is 2.16. The highest BCUT2D eigenvalue weighted by molar-refractivity contribution is 7.89. The summed E-state index contributed by atoms with van der Waals surface area (Å²) in [5.74, 6) is 0. The summed E-state index contributed by atoms with van der Waals surface area (Å²) in [7, 11) is -2.06. The smallest absolute Gasteiger partial charge is 0.238 e. The molecule has 0 aliphatic carbocycles. The molecule has 0 saturated carbocycles. The molecule has 0 radical (unpaired) electrons. The van der Waals surface area contributed by atoms with Crippen molar-refractivity contribution in [2.45, 2.75) is 24.3 Å². The molecule has 0 spiro atoms. The van der Waals surface area contributed by atoms with E-state index in [1.54, 1.807) is 25.3 Å². The van der Waals surface area contributed by atoms with Crippen molar-refractivity contribution in [2.24, 2.45) is 5.14 Å². The van der Waals surface area contributed by atoms with Gasteiger partial charge in [-0.15, -0.1) is 0 Å². The second-order valence-electron chi connectivity index (χ2n) is 4.07. The third kappa shape index (κ3) is 4.38. The zero-order chi connectivity index (χ0) is 13.6. The second kappa shape index (κ2) is 6.84. The molecule has 0 heterocycles. The first-order valence-electron chi connectivity index (χ1n) is 5.82. The molecule has 0 saturated heterocycles. The summed E-state index contributed by atoms with van der Waals surface area (Å²) in [6.07, 6.45) is 0.564. The van der Waals surface area contributed by atoms with Crippen molar-refractivity contribution in [3.05, 3.63) is 29.8 Å². The van der Waals surface area contributed by atoms with E-state index in [1.165, 1.54) is 6.07 Å². The highest BCUT2D eigenvalue weighted by Crippen LogP contribution is 2.15. The standard InChI is InChI=1S/C12H20N2O3S/c1-3-14-11(9-17-2)8-10-6-4-5-7-12(10)18(13,15)16/h4-7,11,14H,3,8-9H2,1-2H3,(H2,13,15,16). The lowest BCUT2D eigenvalue weighted by Crippen LogP contribution is -2.35. The molecular formula is C12H20N2O3S. The molecule has 1 aromatic carbocycles. The molecule has 0 fully saturated rings. The van der Waals surface area contributed by atoms with Gasteiger partial charge >= 0.3 is 0 Å². The van der Waals surface area contributed by atoms with Gasteiger partial charge in [0.1, 0.15) is 0 Å². The largest absolute Gasteiger partial charge is 0.383 e. The minimum Gasteiger partial charge on any atom is -0.383 e. The van der Waals surface area contributed by atoms with Crippen LogP contribution in [0, 0.1) is 0 Å². The number of nitrogens with one attached hydrogen (secondary N) is 1. The van der Waals surface area contributed by atoms with Gasteiger partial charge in [-0.3, -0.25) is 0 Å². The Hall–Kier alpha value is -0.950. The number of nitrogens with two attached hydrogens (primary N) is 1. The highest BCUT2D eigenvalue weighted by atomic mass is 32.2. The fraction of sp³-hybridized carbons (Fsp3) is 0.500. The van der Waals surface area contributed by atoms with Crippen LogP contribution in [0.2, 0.25) is 0 Å². The SMILES string of the molecule is CCNC(COC)Cc1ccccc1S(N)(=O)=O. The number of hydrogen-bond donors (Lipinski definition) is 2. The fourth-order valence-corrected chi connectivity index (χ4v) is 2.68.